The van der Waals surface area contributed by atoms with Crippen molar-refractivity contribution >= 4 is 11.8 Å². The average molecular weight is 304 g/mol. The Morgan fingerprint density at radius 2 is 1.36 bits per heavy atom. The Balaban J connectivity index is 2.08. The molecule has 0 saturated carbocycles. The first kappa shape index (κ1) is 13.6. The first-order chi connectivity index (χ1) is 10.8. The lowest BCUT2D eigenvalue weighted by Crippen LogP contribution is -2.29. The van der Waals surface area contributed by atoms with Crippen LogP contribution in [0, 0.1) is 0 Å². The molecule has 0 spiro atoms. The lowest BCUT2D eigenvalue weighted by atomic mass is 9.79. The van der Waals surface area contributed by atoms with Gasteiger partial charge in [-0.2, -0.15) is 0 Å². The van der Waals surface area contributed by atoms with Gasteiger partial charge in [-0.3, -0.25) is 0 Å². The Labute approximate surface area is 134 Å². The van der Waals surface area contributed by atoms with Gasteiger partial charge in [-0.15, -0.1) is 11.8 Å². The third-order valence-corrected chi connectivity index (χ3v) is 5.38. The van der Waals surface area contributed by atoms with Crippen LogP contribution in [0.15, 0.2) is 83.8 Å². The molecule has 0 saturated heterocycles. The molecule has 1 N–H and O–H groups in total. The first-order valence-electron chi connectivity index (χ1n) is 7.39. The molecule has 0 aliphatic carbocycles. The van der Waals surface area contributed by atoms with Crippen molar-refractivity contribution in [3.05, 3.63) is 101 Å². The highest BCUT2D eigenvalue weighted by Gasteiger charge is 2.38. The Kier molecular flexibility index (Phi) is 3.29. The summed E-state index contributed by atoms with van der Waals surface area (Å²) in [4.78, 5) is 1.14. The van der Waals surface area contributed by atoms with E-state index >= 15 is 0 Å². The Bertz CT molecular complexity index is 763. The fourth-order valence-corrected chi connectivity index (χ4v) is 4.29. The lowest BCUT2D eigenvalue weighted by molar-refractivity contribution is 0.122. The highest BCUT2D eigenvalue weighted by atomic mass is 32.2. The minimum absolute atomic E-state index is 0.877. The second-order valence-electron chi connectivity index (χ2n) is 5.52. The van der Waals surface area contributed by atoms with E-state index < -0.39 is 5.60 Å². The lowest BCUT2D eigenvalue weighted by Gasteiger charge is -2.31. The van der Waals surface area contributed by atoms with E-state index in [1.807, 2.05) is 66.7 Å². The molecule has 1 heterocycles. The summed E-state index contributed by atoms with van der Waals surface area (Å²) in [5.74, 6) is 0.877. The summed E-state index contributed by atoms with van der Waals surface area (Å²) in [5, 5.41) is 11.8. The van der Waals surface area contributed by atoms with Crippen LogP contribution in [0.4, 0.5) is 0 Å². The molecule has 2 heteroatoms. The standard InChI is InChI=1S/C20H16OS/c21-20(16-9-2-1-3-10-16)17-11-5-4-8-15(17)14-22-19-13-7-6-12-18(19)20/h1-13,21H,14H2/t20-/m1/s1. The van der Waals surface area contributed by atoms with Crippen molar-refractivity contribution in [3.63, 3.8) is 0 Å². The summed E-state index contributed by atoms with van der Waals surface area (Å²) in [6, 6.07) is 26.3. The number of thioether (sulfide) groups is 1. The molecule has 4 rings (SSSR count). The molecule has 1 aliphatic rings. The van der Waals surface area contributed by atoms with Gasteiger partial charge in [0.2, 0.25) is 0 Å². The number of benzene rings is 3. The third-order valence-electron chi connectivity index (χ3n) is 4.26. The zero-order valence-electron chi connectivity index (χ0n) is 12.1. The van der Waals surface area contributed by atoms with Gasteiger partial charge in [-0.05, 0) is 22.8 Å². The van der Waals surface area contributed by atoms with E-state index in [-0.39, 0.29) is 0 Å². The molecule has 0 bridgehead atoms. The van der Waals surface area contributed by atoms with E-state index in [1.54, 1.807) is 11.8 Å². The molecule has 0 fully saturated rings. The molecule has 0 radical (unpaired) electrons. The zero-order chi connectivity index (χ0) is 15.0. The molecule has 1 aliphatic heterocycles. The minimum Gasteiger partial charge on any atom is -0.376 e. The number of hydrogen-bond donors (Lipinski definition) is 1. The fourth-order valence-electron chi connectivity index (χ4n) is 3.18. The molecular weight excluding hydrogens is 288 g/mol. The van der Waals surface area contributed by atoms with Crippen LogP contribution >= 0.6 is 11.8 Å². The van der Waals surface area contributed by atoms with Crippen molar-refractivity contribution < 1.29 is 5.11 Å². The minimum atomic E-state index is -1.10. The number of fused-ring (bicyclic) bond motifs is 2. The SMILES string of the molecule is O[C@]1(c2ccccc2)c2ccccc2CSc2ccccc21. The van der Waals surface area contributed by atoms with Gasteiger partial charge in [0.1, 0.15) is 5.60 Å². The first-order valence-corrected chi connectivity index (χ1v) is 8.37. The van der Waals surface area contributed by atoms with Crippen molar-refractivity contribution in [2.24, 2.45) is 0 Å². The highest BCUT2D eigenvalue weighted by molar-refractivity contribution is 7.98. The number of rotatable bonds is 1. The van der Waals surface area contributed by atoms with E-state index in [1.165, 1.54) is 5.56 Å². The summed E-state index contributed by atoms with van der Waals surface area (Å²) in [5.41, 5.74) is 2.96. The number of aliphatic hydroxyl groups is 1. The zero-order valence-corrected chi connectivity index (χ0v) is 12.9. The summed E-state index contributed by atoms with van der Waals surface area (Å²) < 4.78 is 0. The van der Waals surface area contributed by atoms with Gasteiger partial charge >= 0.3 is 0 Å². The van der Waals surface area contributed by atoms with Crippen LogP contribution in [0.5, 0.6) is 0 Å². The maximum Gasteiger partial charge on any atom is 0.141 e. The topological polar surface area (TPSA) is 20.2 Å². The maximum absolute atomic E-state index is 11.8. The molecule has 3 aromatic rings. The monoisotopic (exact) mass is 304 g/mol. The fraction of sp³-hybridized carbons (Fsp3) is 0.100. The summed E-state index contributed by atoms with van der Waals surface area (Å²) in [6.45, 7) is 0. The predicted molar refractivity (Wildman–Crippen MR) is 91.0 cm³/mol. The van der Waals surface area contributed by atoms with Crippen LogP contribution in [0.2, 0.25) is 0 Å². The van der Waals surface area contributed by atoms with Crippen molar-refractivity contribution in [2.75, 3.05) is 0 Å². The van der Waals surface area contributed by atoms with Crippen LogP contribution in [0.25, 0.3) is 0 Å². The van der Waals surface area contributed by atoms with Crippen molar-refractivity contribution in [1.29, 1.82) is 0 Å². The molecule has 1 nitrogen and oxygen atoms in total. The van der Waals surface area contributed by atoms with Crippen molar-refractivity contribution in [1.82, 2.24) is 0 Å². The van der Waals surface area contributed by atoms with Gasteiger partial charge in [0, 0.05) is 16.2 Å². The maximum atomic E-state index is 11.8. The molecule has 1 atom stereocenters. The average Bonchev–Trinajstić information content (AvgIpc) is 2.73. The van der Waals surface area contributed by atoms with Crippen molar-refractivity contribution in [3.8, 4) is 0 Å². The molecule has 0 aromatic heterocycles. The van der Waals surface area contributed by atoms with Gasteiger partial charge in [0.15, 0.2) is 0 Å². The summed E-state index contributed by atoms with van der Waals surface area (Å²) in [6.07, 6.45) is 0. The smallest absolute Gasteiger partial charge is 0.141 e. The molecular formula is C20H16OS. The van der Waals surface area contributed by atoms with Gasteiger partial charge in [-0.25, -0.2) is 0 Å². The van der Waals surface area contributed by atoms with Gasteiger partial charge in [0.25, 0.3) is 0 Å². The van der Waals surface area contributed by atoms with E-state index in [0.717, 1.165) is 27.3 Å². The van der Waals surface area contributed by atoms with Crippen LogP contribution in [-0.2, 0) is 11.4 Å². The summed E-state index contributed by atoms with van der Waals surface area (Å²) in [7, 11) is 0. The molecule has 22 heavy (non-hydrogen) atoms. The van der Waals surface area contributed by atoms with Crippen LogP contribution < -0.4 is 0 Å². The quantitative estimate of drug-likeness (QED) is 0.710. The Morgan fingerprint density at radius 3 is 2.18 bits per heavy atom. The van der Waals surface area contributed by atoms with Crippen molar-refractivity contribution in [2.45, 2.75) is 16.2 Å². The largest absolute Gasteiger partial charge is 0.376 e. The molecule has 108 valence electrons. The van der Waals surface area contributed by atoms with Crippen LogP contribution in [-0.4, -0.2) is 5.11 Å². The predicted octanol–water partition coefficient (Wildman–Crippen LogP) is 4.58. The van der Waals surface area contributed by atoms with E-state index in [4.69, 9.17) is 0 Å². The highest BCUT2D eigenvalue weighted by Crippen LogP contribution is 2.46. The Morgan fingerprint density at radius 1 is 0.727 bits per heavy atom. The van der Waals surface area contributed by atoms with E-state index in [2.05, 4.69) is 12.1 Å². The van der Waals surface area contributed by atoms with Gasteiger partial charge < -0.3 is 5.11 Å². The number of hydrogen-bond acceptors (Lipinski definition) is 2. The van der Waals surface area contributed by atoms with E-state index in [9.17, 15) is 5.11 Å². The second-order valence-corrected chi connectivity index (χ2v) is 6.54. The van der Waals surface area contributed by atoms with Gasteiger partial charge in [0.05, 0.1) is 0 Å². The Hall–Kier alpha value is -2.03. The summed E-state index contributed by atoms with van der Waals surface area (Å²) >= 11 is 1.79. The molecule has 0 amide bonds. The third kappa shape index (κ3) is 1.99. The second kappa shape index (κ2) is 5.31. The molecule has 0 unspecified atom stereocenters. The van der Waals surface area contributed by atoms with Crippen LogP contribution in [0.3, 0.4) is 0 Å². The normalized spacial score (nSPS) is 19.9. The molecule has 3 aromatic carbocycles. The van der Waals surface area contributed by atoms with Crippen LogP contribution in [0.1, 0.15) is 22.3 Å². The van der Waals surface area contributed by atoms with Gasteiger partial charge in [-0.1, -0.05) is 72.8 Å². The van der Waals surface area contributed by atoms with E-state index in [0.29, 0.717) is 0 Å².